The van der Waals surface area contributed by atoms with Crippen molar-refractivity contribution in [2.45, 2.75) is 32.8 Å². The van der Waals surface area contributed by atoms with Crippen LogP contribution in [0, 0.1) is 0 Å². The second kappa shape index (κ2) is 7.62. The van der Waals surface area contributed by atoms with Crippen LogP contribution < -0.4 is 4.74 Å². The minimum absolute atomic E-state index is 0.177. The summed E-state index contributed by atoms with van der Waals surface area (Å²) in [7, 11) is 0. The van der Waals surface area contributed by atoms with Crippen LogP contribution in [0.3, 0.4) is 0 Å². The fraction of sp³-hybridized carbons (Fsp3) is 0.333. The summed E-state index contributed by atoms with van der Waals surface area (Å²) in [4.78, 5) is 0. The van der Waals surface area contributed by atoms with E-state index >= 15 is 0 Å². The lowest BCUT2D eigenvalue weighted by molar-refractivity contribution is 0.297. The Labute approximate surface area is 134 Å². The predicted molar refractivity (Wildman–Crippen MR) is 89.8 cm³/mol. The highest BCUT2D eigenvalue weighted by molar-refractivity contribution is 9.10. The van der Waals surface area contributed by atoms with E-state index in [1.807, 2.05) is 24.3 Å². The maximum absolute atomic E-state index is 9.22. The molecule has 0 aromatic heterocycles. The van der Waals surface area contributed by atoms with Gasteiger partial charge in [0, 0.05) is 11.1 Å². The van der Waals surface area contributed by atoms with Gasteiger partial charge >= 0.3 is 0 Å². The van der Waals surface area contributed by atoms with Gasteiger partial charge < -0.3 is 9.84 Å². The highest BCUT2D eigenvalue weighted by Gasteiger charge is 2.08. The van der Waals surface area contributed by atoms with Gasteiger partial charge in [-0.05, 0) is 53.3 Å². The van der Waals surface area contributed by atoms with Gasteiger partial charge in [-0.3, -0.25) is 0 Å². The predicted octanol–water partition coefficient (Wildman–Crippen LogP) is 4.69. The first-order valence-electron chi connectivity index (χ1n) is 7.21. The molecule has 0 spiro atoms. The topological polar surface area (TPSA) is 29.5 Å². The van der Waals surface area contributed by atoms with Gasteiger partial charge in [0.05, 0.1) is 0 Å². The van der Waals surface area contributed by atoms with E-state index in [-0.39, 0.29) is 6.61 Å². The Kier molecular flexibility index (Phi) is 5.83. The highest BCUT2D eigenvalue weighted by Crippen LogP contribution is 2.23. The van der Waals surface area contributed by atoms with Gasteiger partial charge in [-0.2, -0.15) is 0 Å². The molecule has 1 N–H and O–H groups in total. The van der Waals surface area contributed by atoms with Gasteiger partial charge in [-0.15, -0.1) is 0 Å². The fourth-order valence-electron chi connectivity index (χ4n) is 2.35. The number of rotatable bonds is 6. The number of ether oxygens (including phenoxy) is 1. The van der Waals surface area contributed by atoms with Gasteiger partial charge in [-0.25, -0.2) is 0 Å². The van der Waals surface area contributed by atoms with Crippen LogP contribution in [0.1, 0.15) is 36.5 Å². The van der Waals surface area contributed by atoms with Crippen molar-refractivity contribution < 1.29 is 9.84 Å². The van der Waals surface area contributed by atoms with Crippen molar-refractivity contribution in [3.8, 4) is 5.75 Å². The summed E-state index contributed by atoms with van der Waals surface area (Å²) in [5.41, 5.74) is 3.65. The van der Waals surface area contributed by atoms with Gasteiger partial charge in [0.25, 0.3) is 0 Å². The van der Waals surface area contributed by atoms with E-state index in [0.29, 0.717) is 18.9 Å². The third kappa shape index (κ3) is 4.58. The Balaban J connectivity index is 2.09. The summed E-state index contributed by atoms with van der Waals surface area (Å²) in [5, 5.41) is 9.22. The highest BCUT2D eigenvalue weighted by atomic mass is 79.9. The molecule has 0 radical (unpaired) electrons. The normalized spacial score (nSPS) is 10.9. The van der Waals surface area contributed by atoms with Crippen LogP contribution in [0.2, 0.25) is 0 Å². The monoisotopic (exact) mass is 348 g/mol. The van der Waals surface area contributed by atoms with Crippen molar-refractivity contribution in [1.82, 2.24) is 0 Å². The number of benzene rings is 2. The van der Waals surface area contributed by atoms with Crippen LogP contribution in [0.25, 0.3) is 0 Å². The van der Waals surface area contributed by atoms with Crippen molar-refractivity contribution >= 4 is 15.9 Å². The zero-order valence-electron chi connectivity index (χ0n) is 12.5. The van der Waals surface area contributed by atoms with Crippen molar-refractivity contribution in [1.29, 1.82) is 0 Å². The molecule has 21 heavy (non-hydrogen) atoms. The second-order valence-electron chi connectivity index (χ2n) is 5.40. The summed E-state index contributed by atoms with van der Waals surface area (Å²) >= 11 is 3.41. The van der Waals surface area contributed by atoms with Gasteiger partial charge in [-0.1, -0.05) is 48.0 Å². The molecule has 0 aliphatic rings. The van der Waals surface area contributed by atoms with Crippen LogP contribution in [0.15, 0.2) is 46.9 Å². The third-order valence-corrected chi connectivity index (χ3v) is 3.96. The molecule has 0 bridgehead atoms. The minimum Gasteiger partial charge on any atom is -0.489 e. The molecule has 2 aromatic rings. The largest absolute Gasteiger partial charge is 0.489 e. The summed E-state index contributed by atoms with van der Waals surface area (Å²) in [6, 6.07) is 14.2. The maximum atomic E-state index is 9.22. The van der Waals surface area contributed by atoms with E-state index in [2.05, 4.69) is 48.0 Å². The van der Waals surface area contributed by atoms with Crippen molar-refractivity contribution in [3.05, 3.63) is 63.6 Å². The Morgan fingerprint density at radius 1 is 1.10 bits per heavy atom. The van der Waals surface area contributed by atoms with Crippen LogP contribution in [0.4, 0.5) is 0 Å². The van der Waals surface area contributed by atoms with Crippen LogP contribution in [-0.4, -0.2) is 11.7 Å². The molecule has 0 unspecified atom stereocenters. The quantitative estimate of drug-likeness (QED) is 0.820. The molecule has 0 atom stereocenters. The first-order valence-corrected chi connectivity index (χ1v) is 8.00. The smallest absolute Gasteiger partial charge is 0.119 e. The zero-order chi connectivity index (χ0) is 15.2. The lowest BCUT2D eigenvalue weighted by Gasteiger charge is -2.14. The van der Waals surface area contributed by atoms with Crippen LogP contribution >= 0.6 is 15.9 Å². The molecule has 2 rings (SSSR count). The molecule has 2 nitrogen and oxygen atoms in total. The third-order valence-electron chi connectivity index (χ3n) is 3.43. The average molecular weight is 349 g/mol. The molecule has 0 heterocycles. The van der Waals surface area contributed by atoms with E-state index < -0.39 is 0 Å². The molecular formula is C18H21BrO2. The van der Waals surface area contributed by atoms with Gasteiger partial charge in [0.15, 0.2) is 0 Å². The van der Waals surface area contributed by atoms with E-state index in [1.54, 1.807) is 0 Å². The van der Waals surface area contributed by atoms with Crippen molar-refractivity contribution in [2.75, 3.05) is 6.61 Å². The SMILES string of the molecule is CC(C)c1ccc(COc2ccc(Br)cc2)cc1CCO. The second-order valence-corrected chi connectivity index (χ2v) is 6.32. The molecule has 0 fully saturated rings. The number of aliphatic hydroxyl groups excluding tert-OH is 1. The standard InChI is InChI=1S/C18H21BrO2/c1-13(2)18-8-3-14(11-15(18)9-10-20)12-21-17-6-4-16(19)5-7-17/h3-8,11,13,20H,9-10,12H2,1-2H3. The number of halogens is 1. The summed E-state index contributed by atoms with van der Waals surface area (Å²) in [6.07, 6.45) is 0.694. The minimum atomic E-state index is 0.177. The summed E-state index contributed by atoms with van der Waals surface area (Å²) in [5.74, 6) is 1.32. The molecule has 0 aliphatic carbocycles. The molecular weight excluding hydrogens is 328 g/mol. The van der Waals surface area contributed by atoms with Crippen LogP contribution in [-0.2, 0) is 13.0 Å². The molecule has 0 aliphatic heterocycles. The van der Waals surface area contributed by atoms with Gasteiger partial charge in [0.1, 0.15) is 12.4 Å². The maximum Gasteiger partial charge on any atom is 0.119 e. The zero-order valence-corrected chi connectivity index (χ0v) is 14.1. The number of hydrogen-bond acceptors (Lipinski definition) is 2. The molecule has 2 aromatic carbocycles. The lowest BCUT2D eigenvalue weighted by atomic mass is 9.94. The summed E-state index contributed by atoms with van der Waals surface area (Å²) < 4.78 is 6.84. The molecule has 3 heteroatoms. The lowest BCUT2D eigenvalue weighted by Crippen LogP contribution is -2.03. The molecule has 0 amide bonds. The molecule has 0 saturated carbocycles. The first kappa shape index (κ1) is 16.1. The van der Waals surface area contributed by atoms with E-state index in [1.165, 1.54) is 11.1 Å². The fourth-order valence-corrected chi connectivity index (χ4v) is 2.61. The van der Waals surface area contributed by atoms with E-state index in [4.69, 9.17) is 4.74 Å². The Hall–Kier alpha value is -1.32. The van der Waals surface area contributed by atoms with Gasteiger partial charge in [0.2, 0.25) is 0 Å². The number of hydrogen-bond donors (Lipinski definition) is 1. The first-order chi connectivity index (χ1) is 10.1. The Bertz CT molecular complexity index is 576. The Morgan fingerprint density at radius 3 is 2.43 bits per heavy atom. The van der Waals surface area contributed by atoms with Crippen LogP contribution in [0.5, 0.6) is 5.75 Å². The summed E-state index contributed by atoms with van der Waals surface area (Å²) in [6.45, 7) is 5.07. The van der Waals surface area contributed by atoms with Crippen molar-refractivity contribution in [3.63, 3.8) is 0 Å². The average Bonchev–Trinajstić information content (AvgIpc) is 2.47. The Morgan fingerprint density at radius 2 is 1.81 bits per heavy atom. The molecule has 0 saturated heterocycles. The number of aliphatic hydroxyl groups is 1. The van der Waals surface area contributed by atoms with E-state index in [9.17, 15) is 5.11 Å². The van der Waals surface area contributed by atoms with Crippen molar-refractivity contribution in [2.24, 2.45) is 0 Å². The van der Waals surface area contributed by atoms with E-state index in [0.717, 1.165) is 15.8 Å². The molecule has 112 valence electrons.